The van der Waals surface area contributed by atoms with Gasteiger partial charge in [-0.15, -0.1) is 12.4 Å². The second-order valence-electron chi connectivity index (χ2n) is 2.91. The minimum absolute atomic E-state index is 0. The van der Waals surface area contributed by atoms with E-state index in [-0.39, 0.29) is 24.4 Å². The molecule has 12 heavy (non-hydrogen) atoms. The van der Waals surface area contributed by atoms with Crippen molar-refractivity contribution in [3.05, 3.63) is 0 Å². The third kappa shape index (κ3) is 3.65. The average Bonchev–Trinajstić information content (AvgIpc) is 1.93. The van der Waals surface area contributed by atoms with Gasteiger partial charge < -0.3 is 10.1 Å². The van der Waals surface area contributed by atoms with E-state index in [2.05, 4.69) is 10.1 Å². The van der Waals surface area contributed by atoms with Gasteiger partial charge in [-0.3, -0.25) is 0 Å². The van der Waals surface area contributed by atoms with Crippen LogP contribution in [0.4, 0.5) is 8.78 Å². The van der Waals surface area contributed by atoms with Gasteiger partial charge in [-0.05, 0) is 18.9 Å². The predicted octanol–water partition coefficient (Wildman–Crippen LogP) is 1.65. The van der Waals surface area contributed by atoms with E-state index in [0.717, 1.165) is 13.1 Å². The van der Waals surface area contributed by atoms with Crippen LogP contribution >= 0.6 is 12.4 Å². The highest BCUT2D eigenvalue weighted by atomic mass is 35.5. The van der Waals surface area contributed by atoms with Crippen molar-refractivity contribution in [3.8, 4) is 0 Å². The molecule has 0 amide bonds. The van der Waals surface area contributed by atoms with Crippen molar-refractivity contribution in [3.63, 3.8) is 0 Å². The van der Waals surface area contributed by atoms with Gasteiger partial charge in [-0.2, -0.15) is 8.78 Å². The van der Waals surface area contributed by atoms with E-state index in [1.54, 1.807) is 0 Å². The molecule has 0 radical (unpaired) electrons. The van der Waals surface area contributed by atoms with Crippen LogP contribution in [-0.2, 0) is 4.74 Å². The molecule has 0 aromatic heterocycles. The number of ether oxygens (including phenoxy) is 1. The maximum atomic E-state index is 11.8. The van der Waals surface area contributed by atoms with Crippen LogP contribution in [0.3, 0.4) is 0 Å². The summed E-state index contributed by atoms with van der Waals surface area (Å²) < 4.78 is 27.9. The molecule has 1 fully saturated rings. The fourth-order valence-corrected chi connectivity index (χ4v) is 1.32. The molecule has 74 valence electrons. The number of hydrogen-bond acceptors (Lipinski definition) is 2. The summed E-state index contributed by atoms with van der Waals surface area (Å²) in [6.45, 7) is 0.846. The van der Waals surface area contributed by atoms with E-state index in [4.69, 9.17) is 0 Å². The van der Waals surface area contributed by atoms with Gasteiger partial charge in [0.25, 0.3) is 0 Å². The lowest BCUT2D eigenvalue weighted by Crippen LogP contribution is -2.40. The number of hydrogen-bond donors (Lipinski definition) is 1. The van der Waals surface area contributed by atoms with E-state index < -0.39 is 6.61 Å². The molecule has 0 unspecified atom stereocenters. The minimum atomic E-state index is -2.62. The van der Waals surface area contributed by atoms with Crippen molar-refractivity contribution in [1.29, 1.82) is 0 Å². The van der Waals surface area contributed by atoms with Crippen LogP contribution in [0.2, 0.25) is 0 Å². The van der Waals surface area contributed by atoms with Crippen LogP contribution in [-0.4, -0.2) is 25.8 Å². The Morgan fingerprint density at radius 3 is 2.67 bits per heavy atom. The zero-order chi connectivity index (χ0) is 8.27. The van der Waals surface area contributed by atoms with E-state index in [1.165, 1.54) is 0 Å². The topological polar surface area (TPSA) is 21.3 Å². The van der Waals surface area contributed by atoms with Crippen molar-refractivity contribution in [2.24, 2.45) is 5.92 Å². The third-order valence-corrected chi connectivity index (χ3v) is 1.98. The van der Waals surface area contributed by atoms with Gasteiger partial charge in [0.15, 0.2) is 0 Å². The van der Waals surface area contributed by atoms with Crippen LogP contribution < -0.4 is 5.32 Å². The normalized spacial score (nSPS) is 30.0. The van der Waals surface area contributed by atoms with E-state index in [1.807, 2.05) is 6.92 Å². The zero-order valence-corrected chi connectivity index (χ0v) is 7.74. The molecule has 2 nitrogen and oxygen atoms in total. The molecule has 2 atom stereocenters. The lowest BCUT2D eigenvalue weighted by molar-refractivity contribution is -0.179. The Bertz CT molecular complexity index is 126. The molecule has 1 N–H and O–H groups in total. The summed E-state index contributed by atoms with van der Waals surface area (Å²) in [6, 6.07) is 0. The molecule has 1 heterocycles. The molecule has 0 spiro atoms. The molecule has 0 aromatic rings. The molecule has 1 rings (SSSR count). The first-order valence-electron chi connectivity index (χ1n) is 3.84. The molecule has 0 aliphatic carbocycles. The smallest absolute Gasteiger partial charge is 0.319 e. The van der Waals surface area contributed by atoms with Gasteiger partial charge in [0.05, 0.1) is 6.10 Å². The first kappa shape index (κ1) is 12.1. The molecular formula is C7H14ClF2NO. The summed E-state index contributed by atoms with van der Waals surface area (Å²) in [5.41, 5.74) is 0. The lowest BCUT2D eigenvalue weighted by Gasteiger charge is -2.28. The molecule has 1 aliphatic heterocycles. The Kier molecular flexibility index (Phi) is 5.70. The van der Waals surface area contributed by atoms with Crippen molar-refractivity contribution < 1.29 is 13.5 Å². The Labute approximate surface area is 77.1 Å². The maximum Gasteiger partial charge on any atom is 0.345 e. The number of piperidine rings is 1. The summed E-state index contributed by atoms with van der Waals surface area (Å²) in [5.74, 6) is 0.192. The maximum absolute atomic E-state index is 11.8. The second-order valence-corrected chi connectivity index (χ2v) is 2.91. The molecule has 0 aromatic carbocycles. The zero-order valence-electron chi connectivity index (χ0n) is 6.93. The molecule has 1 aliphatic rings. The van der Waals surface area contributed by atoms with Gasteiger partial charge in [0.2, 0.25) is 0 Å². The third-order valence-electron chi connectivity index (χ3n) is 1.98. The summed E-state index contributed by atoms with van der Waals surface area (Å²) in [7, 11) is 0. The Morgan fingerprint density at radius 2 is 2.17 bits per heavy atom. The quantitative estimate of drug-likeness (QED) is 0.734. The van der Waals surface area contributed by atoms with Gasteiger partial charge in [-0.25, -0.2) is 0 Å². The van der Waals surface area contributed by atoms with E-state index >= 15 is 0 Å². The average molecular weight is 202 g/mol. The fraction of sp³-hybridized carbons (Fsp3) is 1.00. The Morgan fingerprint density at radius 1 is 1.50 bits per heavy atom. The van der Waals surface area contributed by atoms with Gasteiger partial charge in [0.1, 0.15) is 0 Å². The van der Waals surface area contributed by atoms with Gasteiger partial charge in [0, 0.05) is 6.54 Å². The first-order valence-corrected chi connectivity index (χ1v) is 3.84. The Hall–Kier alpha value is 0.0700. The predicted molar refractivity (Wildman–Crippen MR) is 44.8 cm³/mol. The molecule has 0 bridgehead atoms. The molecule has 5 heteroatoms. The molecule has 1 saturated heterocycles. The Balaban J connectivity index is 0.00000121. The SMILES string of the molecule is C[C@@H]1CNCC[C@H]1OC(F)F.Cl. The highest BCUT2D eigenvalue weighted by molar-refractivity contribution is 5.85. The summed E-state index contributed by atoms with van der Waals surface area (Å²) in [4.78, 5) is 0. The van der Waals surface area contributed by atoms with Crippen LogP contribution in [0.25, 0.3) is 0 Å². The van der Waals surface area contributed by atoms with E-state index in [0.29, 0.717) is 6.42 Å². The van der Waals surface area contributed by atoms with Crippen LogP contribution in [0.1, 0.15) is 13.3 Å². The number of halogens is 3. The van der Waals surface area contributed by atoms with Crippen LogP contribution in [0.15, 0.2) is 0 Å². The summed E-state index contributed by atoms with van der Waals surface area (Å²) >= 11 is 0. The van der Waals surface area contributed by atoms with E-state index in [9.17, 15) is 8.78 Å². The highest BCUT2D eigenvalue weighted by Crippen LogP contribution is 2.16. The van der Waals surface area contributed by atoms with Crippen molar-refractivity contribution in [1.82, 2.24) is 5.32 Å². The van der Waals surface area contributed by atoms with Crippen molar-refractivity contribution in [2.45, 2.75) is 26.1 Å². The monoisotopic (exact) mass is 201 g/mol. The highest BCUT2D eigenvalue weighted by Gasteiger charge is 2.24. The first-order chi connectivity index (χ1) is 5.20. The van der Waals surface area contributed by atoms with Crippen LogP contribution in [0, 0.1) is 5.92 Å². The van der Waals surface area contributed by atoms with Gasteiger partial charge >= 0.3 is 6.61 Å². The second kappa shape index (κ2) is 5.67. The summed E-state index contributed by atoms with van der Waals surface area (Å²) in [6.07, 6.45) is 0.419. The largest absolute Gasteiger partial charge is 0.345 e. The number of nitrogens with one attached hydrogen (secondary N) is 1. The molecular weight excluding hydrogens is 188 g/mol. The van der Waals surface area contributed by atoms with Crippen molar-refractivity contribution >= 4 is 12.4 Å². The molecule has 0 saturated carbocycles. The minimum Gasteiger partial charge on any atom is -0.319 e. The van der Waals surface area contributed by atoms with Crippen LogP contribution in [0.5, 0.6) is 0 Å². The standard InChI is InChI=1S/C7H13F2NO.ClH/c1-5-4-10-3-2-6(5)11-7(8)9;/h5-7,10H,2-4H2,1H3;1H/t5-,6-;/m1./s1. The van der Waals surface area contributed by atoms with Crippen molar-refractivity contribution in [2.75, 3.05) is 13.1 Å². The number of alkyl halides is 2. The van der Waals surface area contributed by atoms with Gasteiger partial charge in [-0.1, -0.05) is 6.92 Å². The summed E-state index contributed by atoms with van der Waals surface area (Å²) in [5, 5.41) is 3.11. The fourth-order valence-electron chi connectivity index (χ4n) is 1.32. The lowest BCUT2D eigenvalue weighted by atomic mass is 9.98. The number of rotatable bonds is 2.